The van der Waals surface area contributed by atoms with E-state index in [1.807, 2.05) is 0 Å². The van der Waals surface area contributed by atoms with Crippen LogP contribution in [0.1, 0.15) is 0 Å². The number of imidazole rings is 1. The van der Waals surface area contributed by atoms with Crippen LogP contribution in [0, 0.1) is 5.82 Å². The Kier molecular flexibility index (Phi) is 2.25. The highest BCUT2D eigenvalue weighted by molar-refractivity contribution is 9.10. The molecule has 0 aliphatic carbocycles. The number of hydrogen-bond acceptors (Lipinski definition) is 2. The summed E-state index contributed by atoms with van der Waals surface area (Å²) in [7, 11) is 0. The Morgan fingerprint density at radius 3 is 2.86 bits per heavy atom. The smallest absolute Gasteiger partial charge is 0.204 e. The fourth-order valence-electron chi connectivity index (χ4n) is 1.19. The molecule has 0 atom stereocenters. The van der Waals surface area contributed by atoms with Crippen molar-refractivity contribution in [1.82, 2.24) is 9.55 Å². The van der Waals surface area contributed by atoms with Gasteiger partial charge in [-0.3, -0.25) is 4.57 Å². The van der Waals surface area contributed by atoms with E-state index in [-0.39, 0.29) is 11.8 Å². The van der Waals surface area contributed by atoms with Crippen molar-refractivity contribution >= 4 is 21.9 Å². The molecule has 5 heteroatoms. The van der Waals surface area contributed by atoms with Gasteiger partial charge in [-0.25, -0.2) is 9.37 Å². The van der Waals surface area contributed by atoms with Gasteiger partial charge in [-0.15, -0.1) is 0 Å². The van der Waals surface area contributed by atoms with E-state index in [9.17, 15) is 4.39 Å². The number of nitrogens with zero attached hydrogens (tertiary/aromatic N) is 2. The van der Waals surface area contributed by atoms with Crippen LogP contribution >= 0.6 is 15.9 Å². The highest BCUT2D eigenvalue weighted by Crippen LogP contribution is 2.20. The number of halogens is 2. The molecule has 0 fully saturated rings. The van der Waals surface area contributed by atoms with Gasteiger partial charge in [0.2, 0.25) is 5.95 Å². The molecule has 1 aromatic heterocycles. The van der Waals surface area contributed by atoms with Gasteiger partial charge in [-0.1, -0.05) is 15.9 Å². The minimum Gasteiger partial charge on any atom is -0.369 e. The highest BCUT2D eigenvalue weighted by Gasteiger charge is 2.07. The normalized spacial score (nSPS) is 10.4. The first-order chi connectivity index (χ1) is 6.68. The van der Waals surface area contributed by atoms with Crippen molar-refractivity contribution in [3.05, 3.63) is 40.9 Å². The molecule has 0 saturated carbocycles. The van der Waals surface area contributed by atoms with Crippen molar-refractivity contribution < 1.29 is 4.39 Å². The summed E-state index contributed by atoms with van der Waals surface area (Å²) in [6.07, 6.45) is 3.13. The minimum atomic E-state index is -0.335. The Morgan fingerprint density at radius 1 is 1.43 bits per heavy atom. The van der Waals surface area contributed by atoms with Crippen LogP contribution in [0.15, 0.2) is 35.1 Å². The molecule has 0 radical (unpaired) electrons. The van der Waals surface area contributed by atoms with Crippen LogP contribution in [0.5, 0.6) is 0 Å². The largest absolute Gasteiger partial charge is 0.369 e. The molecule has 2 aromatic rings. The predicted molar refractivity (Wildman–Crippen MR) is 55.6 cm³/mol. The number of aromatic nitrogens is 2. The van der Waals surface area contributed by atoms with E-state index in [4.69, 9.17) is 5.73 Å². The summed E-state index contributed by atoms with van der Waals surface area (Å²) in [5, 5.41) is 0. The van der Waals surface area contributed by atoms with Crippen LogP contribution in [0.25, 0.3) is 5.69 Å². The van der Waals surface area contributed by atoms with Crippen LogP contribution < -0.4 is 5.73 Å². The van der Waals surface area contributed by atoms with Gasteiger partial charge < -0.3 is 5.73 Å². The van der Waals surface area contributed by atoms with Gasteiger partial charge in [0.05, 0.1) is 5.69 Å². The van der Waals surface area contributed by atoms with E-state index in [0.717, 1.165) is 4.47 Å². The Morgan fingerprint density at radius 2 is 2.21 bits per heavy atom. The number of nitrogen functional groups attached to an aromatic ring is 1. The number of nitrogens with two attached hydrogens (primary N) is 1. The summed E-state index contributed by atoms with van der Waals surface area (Å²) < 4.78 is 15.7. The van der Waals surface area contributed by atoms with Crippen LogP contribution in [0.2, 0.25) is 0 Å². The van der Waals surface area contributed by atoms with Gasteiger partial charge in [0, 0.05) is 16.9 Å². The third-order valence-corrected chi connectivity index (χ3v) is 2.33. The predicted octanol–water partition coefficient (Wildman–Crippen LogP) is 2.36. The van der Waals surface area contributed by atoms with Crippen LogP contribution in [-0.4, -0.2) is 9.55 Å². The van der Waals surface area contributed by atoms with Gasteiger partial charge in [0.25, 0.3) is 0 Å². The zero-order chi connectivity index (χ0) is 10.1. The summed E-state index contributed by atoms with van der Waals surface area (Å²) in [6, 6.07) is 4.65. The number of anilines is 1. The minimum absolute atomic E-state index is 0.266. The Labute approximate surface area is 88.5 Å². The monoisotopic (exact) mass is 255 g/mol. The fraction of sp³-hybridized carbons (Fsp3) is 0. The molecular formula is C9H7BrFN3. The van der Waals surface area contributed by atoms with Gasteiger partial charge in [0.1, 0.15) is 5.82 Å². The Hall–Kier alpha value is -1.36. The molecule has 0 unspecified atom stereocenters. The molecule has 2 N–H and O–H groups in total. The second-order valence-corrected chi connectivity index (χ2v) is 3.67. The van der Waals surface area contributed by atoms with Crippen LogP contribution in [0.4, 0.5) is 10.3 Å². The molecule has 3 nitrogen and oxygen atoms in total. The summed E-state index contributed by atoms with van der Waals surface area (Å²) in [5.74, 6) is -0.0695. The standard InChI is InChI=1S/C9H7BrFN3/c10-6-1-2-7(11)8(5-6)14-4-3-13-9(14)12/h1-5H,(H2,12,13). The fourth-order valence-corrected chi connectivity index (χ4v) is 1.54. The first-order valence-electron chi connectivity index (χ1n) is 3.93. The maximum absolute atomic E-state index is 13.4. The quantitative estimate of drug-likeness (QED) is 0.851. The van der Waals surface area contributed by atoms with Crippen molar-refractivity contribution in [3.8, 4) is 5.69 Å². The van der Waals surface area contributed by atoms with Crippen molar-refractivity contribution in [2.75, 3.05) is 5.73 Å². The lowest BCUT2D eigenvalue weighted by Gasteiger charge is -2.05. The molecular weight excluding hydrogens is 249 g/mol. The number of hydrogen-bond donors (Lipinski definition) is 1. The summed E-state index contributed by atoms with van der Waals surface area (Å²) in [4.78, 5) is 3.82. The van der Waals surface area contributed by atoms with Gasteiger partial charge >= 0.3 is 0 Å². The van der Waals surface area contributed by atoms with E-state index in [0.29, 0.717) is 5.69 Å². The lowest BCUT2D eigenvalue weighted by molar-refractivity contribution is 0.618. The van der Waals surface area contributed by atoms with Crippen molar-refractivity contribution in [2.45, 2.75) is 0 Å². The molecule has 0 aliphatic rings. The molecule has 72 valence electrons. The number of rotatable bonds is 1. The SMILES string of the molecule is Nc1nccn1-c1cc(Br)ccc1F. The van der Waals surface area contributed by atoms with Gasteiger partial charge in [0.15, 0.2) is 0 Å². The first-order valence-corrected chi connectivity index (χ1v) is 4.72. The Bertz CT molecular complexity index is 467. The zero-order valence-corrected chi connectivity index (χ0v) is 8.70. The molecule has 0 spiro atoms. The molecule has 1 aromatic carbocycles. The van der Waals surface area contributed by atoms with Gasteiger partial charge in [-0.05, 0) is 18.2 Å². The van der Waals surface area contributed by atoms with Crippen molar-refractivity contribution in [1.29, 1.82) is 0 Å². The molecule has 0 bridgehead atoms. The van der Waals surface area contributed by atoms with E-state index in [1.54, 1.807) is 18.3 Å². The summed E-state index contributed by atoms with van der Waals surface area (Å²) >= 11 is 3.27. The second-order valence-electron chi connectivity index (χ2n) is 2.75. The third kappa shape index (κ3) is 1.50. The first kappa shape index (κ1) is 9.21. The zero-order valence-electron chi connectivity index (χ0n) is 7.11. The Balaban J connectivity index is 2.62. The average molecular weight is 256 g/mol. The molecule has 2 rings (SSSR count). The lowest BCUT2D eigenvalue weighted by atomic mass is 10.3. The summed E-state index contributed by atoms with van der Waals surface area (Å²) in [5.41, 5.74) is 5.95. The second kappa shape index (κ2) is 3.42. The molecule has 14 heavy (non-hydrogen) atoms. The average Bonchev–Trinajstić information content (AvgIpc) is 2.56. The van der Waals surface area contributed by atoms with E-state index in [1.165, 1.54) is 16.8 Å². The van der Waals surface area contributed by atoms with Crippen LogP contribution in [0.3, 0.4) is 0 Å². The maximum Gasteiger partial charge on any atom is 0.204 e. The van der Waals surface area contributed by atoms with E-state index >= 15 is 0 Å². The molecule has 0 saturated heterocycles. The highest BCUT2D eigenvalue weighted by atomic mass is 79.9. The molecule has 0 aliphatic heterocycles. The lowest BCUT2D eigenvalue weighted by Crippen LogP contribution is -2.01. The van der Waals surface area contributed by atoms with Crippen molar-refractivity contribution in [2.24, 2.45) is 0 Å². The van der Waals surface area contributed by atoms with Gasteiger partial charge in [-0.2, -0.15) is 0 Å². The van der Waals surface area contributed by atoms with Crippen LogP contribution in [-0.2, 0) is 0 Å². The van der Waals surface area contributed by atoms with E-state index < -0.39 is 0 Å². The van der Waals surface area contributed by atoms with E-state index in [2.05, 4.69) is 20.9 Å². The topological polar surface area (TPSA) is 43.8 Å². The maximum atomic E-state index is 13.4. The van der Waals surface area contributed by atoms with Crippen molar-refractivity contribution in [3.63, 3.8) is 0 Å². The third-order valence-electron chi connectivity index (χ3n) is 1.84. The molecule has 1 heterocycles. The molecule has 0 amide bonds. The number of benzene rings is 1. The summed E-state index contributed by atoms with van der Waals surface area (Å²) in [6.45, 7) is 0.